The summed E-state index contributed by atoms with van der Waals surface area (Å²) in [6.45, 7) is 0. The molecule has 0 unspecified atom stereocenters. The fraction of sp³-hybridized carbons (Fsp3) is 0.800. The van der Waals surface area contributed by atoms with Gasteiger partial charge in [-0.3, -0.25) is 4.79 Å². The van der Waals surface area contributed by atoms with Gasteiger partial charge in [-0.25, -0.2) is 0 Å². The van der Waals surface area contributed by atoms with Crippen molar-refractivity contribution in [3.05, 3.63) is 12.2 Å². The van der Waals surface area contributed by atoms with Gasteiger partial charge in [0.2, 0.25) is 0 Å². The maximum Gasteiger partial charge on any atom is 0.310 e. The predicted octanol–water partition coefficient (Wildman–Crippen LogP) is 3.07. The van der Waals surface area contributed by atoms with Gasteiger partial charge in [0, 0.05) is 5.92 Å². The molecular weight excluding hydrogens is 212 g/mol. The topological polar surface area (TPSA) is 26.3 Å². The summed E-state index contributed by atoms with van der Waals surface area (Å²) in [6.07, 6.45) is 13.2. The van der Waals surface area contributed by atoms with Crippen molar-refractivity contribution in [1.29, 1.82) is 0 Å². The minimum absolute atomic E-state index is 0.0614. The van der Waals surface area contributed by atoms with E-state index in [2.05, 4.69) is 12.2 Å². The number of esters is 1. The van der Waals surface area contributed by atoms with Gasteiger partial charge in [0.15, 0.2) is 0 Å². The number of carbonyl (C=O) groups is 1. The number of ether oxygens (including phenoxy) is 1. The molecule has 0 amide bonds. The Morgan fingerprint density at radius 2 is 1.76 bits per heavy atom. The van der Waals surface area contributed by atoms with E-state index in [1.165, 1.54) is 32.1 Å². The quantitative estimate of drug-likeness (QED) is 0.474. The summed E-state index contributed by atoms with van der Waals surface area (Å²) in [6, 6.07) is 0. The fourth-order valence-electron chi connectivity index (χ4n) is 4.95. The van der Waals surface area contributed by atoms with E-state index in [0.717, 1.165) is 12.8 Å². The molecule has 5 aliphatic rings. The monoisotopic (exact) mass is 232 g/mol. The number of allylic oxidation sites excluding steroid dienone is 2. The van der Waals surface area contributed by atoms with Crippen LogP contribution < -0.4 is 0 Å². The average molecular weight is 232 g/mol. The first-order chi connectivity index (χ1) is 8.30. The Morgan fingerprint density at radius 3 is 2.47 bits per heavy atom. The fourth-order valence-corrected chi connectivity index (χ4v) is 4.95. The Labute approximate surface area is 102 Å². The first-order valence-electron chi connectivity index (χ1n) is 7.21. The molecule has 2 saturated carbocycles. The van der Waals surface area contributed by atoms with Gasteiger partial charge in [-0.1, -0.05) is 18.6 Å². The van der Waals surface area contributed by atoms with E-state index in [1.807, 2.05) is 0 Å². The third kappa shape index (κ3) is 1.24. The molecule has 5 rings (SSSR count). The zero-order chi connectivity index (χ0) is 11.5. The molecule has 4 aliphatic carbocycles. The van der Waals surface area contributed by atoms with E-state index >= 15 is 0 Å². The summed E-state index contributed by atoms with van der Waals surface area (Å²) in [5.74, 6) is 1.94. The summed E-state index contributed by atoms with van der Waals surface area (Å²) < 4.78 is 5.94. The zero-order valence-corrected chi connectivity index (χ0v) is 10.2. The van der Waals surface area contributed by atoms with Crippen LogP contribution in [0, 0.1) is 23.7 Å². The molecule has 92 valence electrons. The van der Waals surface area contributed by atoms with Gasteiger partial charge < -0.3 is 4.74 Å². The van der Waals surface area contributed by atoms with Gasteiger partial charge in [0.1, 0.15) is 5.60 Å². The van der Waals surface area contributed by atoms with Crippen molar-refractivity contribution in [2.45, 2.75) is 50.5 Å². The molecule has 1 saturated heterocycles. The molecule has 2 heteroatoms. The third-order valence-corrected chi connectivity index (χ3v) is 5.63. The van der Waals surface area contributed by atoms with Crippen molar-refractivity contribution < 1.29 is 9.53 Å². The number of rotatable bonds is 0. The molecule has 0 radical (unpaired) electrons. The molecule has 1 aliphatic heterocycles. The van der Waals surface area contributed by atoms with Crippen molar-refractivity contribution in [2.24, 2.45) is 23.7 Å². The normalized spacial score (nSPS) is 46.0. The van der Waals surface area contributed by atoms with Crippen LogP contribution in [0.15, 0.2) is 12.2 Å². The zero-order valence-electron chi connectivity index (χ0n) is 10.2. The molecule has 0 N–H and O–H groups in total. The molecule has 1 spiro atoms. The van der Waals surface area contributed by atoms with Crippen molar-refractivity contribution >= 4 is 5.97 Å². The van der Waals surface area contributed by atoms with Crippen molar-refractivity contribution in [1.82, 2.24) is 0 Å². The van der Waals surface area contributed by atoms with E-state index in [-0.39, 0.29) is 17.5 Å². The third-order valence-electron chi connectivity index (χ3n) is 5.63. The van der Waals surface area contributed by atoms with Crippen molar-refractivity contribution in [2.75, 3.05) is 0 Å². The van der Waals surface area contributed by atoms with Crippen molar-refractivity contribution in [3.63, 3.8) is 0 Å². The maximum absolute atomic E-state index is 12.2. The molecule has 2 nitrogen and oxygen atoms in total. The SMILES string of the molecule is O=C1OC2(CCCCC2)[C@H]2[C@@H]1[C@H]1C=C[C@@H]2CC1. The Balaban J connectivity index is 1.75. The van der Waals surface area contributed by atoms with E-state index in [9.17, 15) is 4.79 Å². The minimum atomic E-state index is -0.0614. The molecular formula is C15H20O2. The highest BCUT2D eigenvalue weighted by atomic mass is 16.6. The molecule has 3 fully saturated rings. The molecule has 0 aromatic carbocycles. The van der Waals surface area contributed by atoms with Crippen LogP contribution in [0.3, 0.4) is 0 Å². The van der Waals surface area contributed by atoms with Gasteiger partial charge in [-0.2, -0.15) is 0 Å². The van der Waals surface area contributed by atoms with E-state index in [4.69, 9.17) is 4.74 Å². The van der Waals surface area contributed by atoms with E-state index in [1.54, 1.807) is 0 Å². The second kappa shape index (κ2) is 3.37. The number of fused-ring (bicyclic) bond motifs is 1. The van der Waals surface area contributed by atoms with E-state index in [0.29, 0.717) is 17.8 Å². The number of carbonyl (C=O) groups excluding carboxylic acids is 1. The number of hydrogen-bond donors (Lipinski definition) is 0. The molecule has 4 atom stereocenters. The standard InChI is InChI=1S/C15H20O2/c16-14-12-10-4-6-11(7-5-10)13(12)15(17-14)8-2-1-3-9-15/h4,6,10-13H,1-3,5,7-9H2/t10-,11+,12-,13+/m0/s1. The van der Waals surface area contributed by atoms with Crippen LogP contribution >= 0.6 is 0 Å². The molecule has 17 heavy (non-hydrogen) atoms. The molecule has 0 aromatic rings. The van der Waals surface area contributed by atoms with Crippen LogP contribution in [0.5, 0.6) is 0 Å². The van der Waals surface area contributed by atoms with Crippen molar-refractivity contribution in [3.8, 4) is 0 Å². The second-order valence-corrected chi connectivity index (χ2v) is 6.39. The van der Waals surface area contributed by atoms with Crippen LogP contribution in [-0.4, -0.2) is 11.6 Å². The lowest BCUT2D eigenvalue weighted by Gasteiger charge is -2.46. The maximum atomic E-state index is 12.2. The molecule has 2 bridgehead atoms. The lowest BCUT2D eigenvalue weighted by Crippen LogP contribution is -2.47. The van der Waals surface area contributed by atoms with Crippen LogP contribution in [0.25, 0.3) is 0 Å². The highest BCUT2D eigenvalue weighted by Gasteiger charge is 2.61. The molecule has 1 heterocycles. The lowest BCUT2D eigenvalue weighted by atomic mass is 9.56. The van der Waals surface area contributed by atoms with Crippen LogP contribution in [0.2, 0.25) is 0 Å². The lowest BCUT2D eigenvalue weighted by molar-refractivity contribution is -0.154. The summed E-state index contributed by atoms with van der Waals surface area (Å²) in [5, 5.41) is 0. The Morgan fingerprint density at radius 1 is 1.06 bits per heavy atom. The first-order valence-corrected chi connectivity index (χ1v) is 7.21. The smallest absolute Gasteiger partial charge is 0.310 e. The summed E-state index contributed by atoms with van der Waals surface area (Å²) >= 11 is 0. The Kier molecular flexibility index (Phi) is 2.01. The summed E-state index contributed by atoms with van der Waals surface area (Å²) in [4.78, 5) is 12.2. The second-order valence-electron chi connectivity index (χ2n) is 6.39. The highest BCUT2D eigenvalue weighted by Crippen LogP contribution is 2.58. The predicted molar refractivity (Wildman–Crippen MR) is 64.2 cm³/mol. The van der Waals surface area contributed by atoms with Gasteiger partial charge in [-0.15, -0.1) is 0 Å². The summed E-state index contributed by atoms with van der Waals surface area (Å²) in [5.41, 5.74) is -0.0614. The molecule has 0 aromatic heterocycles. The van der Waals surface area contributed by atoms with Crippen LogP contribution in [0.4, 0.5) is 0 Å². The highest BCUT2D eigenvalue weighted by molar-refractivity contribution is 5.77. The average Bonchev–Trinajstić information content (AvgIpc) is 2.67. The van der Waals surface area contributed by atoms with Gasteiger partial charge in [-0.05, 0) is 50.4 Å². The van der Waals surface area contributed by atoms with Gasteiger partial charge in [0.05, 0.1) is 5.92 Å². The Bertz CT molecular complexity index is 378. The minimum Gasteiger partial charge on any atom is -0.458 e. The Hall–Kier alpha value is -0.790. The summed E-state index contributed by atoms with van der Waals surface area (Å²) in [7, 11) is 0. The number of hydrogen-bond acceptors (Lipinski definition) is 2. The van der Waals surface area contributed by atoms with Gasteiger partial charge in [0.25, 0.3) is 0 Å². The van der Waals surface area contributed by atoms with Crippen LogP contribution in [-0.2, 0) is 9.53 Å². The van der Waals surface area contributed by atoms with Crippen LogP contribution in [0.1, 0.15) is 44.9 Å². The first kappa shape index (κ1) is 10.2. The van der Waals surface area contributed by atoms with E-state index < -0.39 is 0 Å². The van der Waals surface area contributed by atoms with Gasteiger partial charge >= 0.3 is 5.97 Å². The largest absolute Gasteiger partial charge is 0.458 e.